The SMILES string of the molecule is Cn1nc(C(=O)N(CC(=O)Nc2cc(C(=O)O)ccc2F)Cc2cccc(F)c2)c2c1-c1cc(F)ccc1OC2.NCCCC[C@H](N)C(=O)O. The first kappa shape index (κ1) is 37.1. The van der Waals surface area contributed by atoms with Gasteiger partial charge in [-0.1, -0.05) is 18.6 Å². The Morgan fingerprint density at radius 1 is 1.02 bits per heavy atom. The second-order valence-electron chi connectivity index (χ2n) is 11.3. The predicted octanol–water partition coefficient (Wildman–Crippen LogP) is 3.90. The summed E-state index contributed by atoms with van der Waals surface area (Å²) in [6, 6.07) is 11.6. The van der Waals surface area contributed by atoms with Gasteiger partial charge < -0.3 is 36.6 Å². The number of anilines is 1. The maximum Gasteiger partial charge on any atom is 0.335 e. The number of nitrogens with one attached hydrogen (secondary N) is 1. The van der Waals surface area contributed by atoms with Crippen molar-refractivity contribution in [3.05, 3.63) is 100 Å². The van der Waals surface area contributed by atoms with E-state index in [1.165, 1.54) is 41.1 Å². The second kappa shape index (κ2) is 16.6. The average Bonchev–Trinajstić information content (AvgIpc) is 3.41. The number of amides is 2. The van der Waals surface area contributed by atoms with E-state index in [2.05, 4.69) is 10.4 Å². The Morgan fingerprint density at radius 3 is 2.44 bits per heavy atom. The molecule has 1 aromatic heterocycles. The molecular weight excluding hydrogens is 661 g/mol. The summed E-state index contributed by atoms with van der Waals surface area (Å²) >= 11 is 0. The Hall–Kier alpha value is -5.74. The Labute approximate surface area is 284 Å². The predicted molar refractivity (Wildman–Crippen MR) is 175 cm³/mol. The molecule has 264 valence electrons. The quantitative estimate of drug-likeness (QED) is 0.135. The number of rotatable bonds is 12. The number of aliphatic carboxylic acids is 1. The van der Waals surface area contributed by atoms with Crippen molar-refractivity contribution in [3.8, 4) is 17.0 Å². The molecule has 50 heavy (non-hydrogen) atoms. The number of halogens is 3. The average molecular weight is 697 g/mol. The van der Waals surface area contributed by atoms with Gasteiger partial charge in [-0.15, -0.1) is 0 Å². The highest BCUT2D eigenvalue weighted by atomic mass is 19.1. The zero-order valence-corrected chi connectivity index (χ0v) is 26.9. The lowest BCUT2D eigenvalue weighted by Crippen LogP contribution is -2.38. The van der Waals surface area contributed by atoms with Gasteiger partial charge in [0.1, 0.15) is 42.4 Å². The summed E-state index contributed by atoms with van der Waals surface area (Å²) in [4.78, 5) is 49.2. The van der Waals surface area contributed by atoms with E-state index in [9.17, 15) is 37.5 Å². The van der Waals surface area contributed by atoms with Crippen molar-refractivity contribution in [2.24, 2.45) is 18.5 Å². The molecule has 13 nitrogen and oxygen atoms in total. The molecule has 0 saturated carbocycles. The van der Waals surface area contributed by atoms with Crippen LogP contribution in [0.4, 0.5) is 18.9 Å². The fourth-order valence-corrected chi connectivity index (χ4v) is 5.13. The first-order valence-corrected chi connectivity index (χ1v) is 15.3. The Morgan fingerprint density at radius 2 is 1.76 bits per heavy atom. The molecule has 7 N–H and O–H groups in total. The third-order valence-electron chi connectivity index (χ3n) is 7.57. The van der Waals surface area contributed by atoms with E-state index >= 15 is 0 Å². The maximum atomic E-state index is 14.3. The Kier molecular flexibility index (Phi) is 12.3. The fourth-order valence-electron chi connectivity index (χ4n) is 5.13. The van der Waals surface area contributed by atoms with Gasteiger partial charge in [0.2, 0.25) is 5.91 Å². The first-order chi connectivity index (χ1) is 23.8. The van der Waals surface area contributed by atoms with E-state index in [0.29, 0.717) is 41.1 Å². The lowest BCUT2D eigenvalue weighted by Gasteiger charge is -2.23. The number of aryl methyl sites for hydroxylation is 1. The van der Waals surface area contributed by atoms with Crippen LogP contribution in [0.1, 0.15) is 51.2 Å². The number of hydrogen-bond acceptors (Lipinski definition) is 8. The molecule has 2 amide bonds. The standard InChI is InChI=1S/C28H21F3N4O5.C6H14N2O2/c1-34-26-19-11-18(30)6-8-23(19)40-14-20(26)25(33-34)27(37)35(12-15-3-2-4-17(29)9-15)13-24(36)32-22-10-16(28(38)39)5-7-21(22)31;7-4-2-1-3-5(8)6(9)10/h2-11H,12-14H2,1H3,(H,32,36)(H,38,39);5H,1-4,7-8H2,(H,9,10)/t;5-/m.0/s1. The van der Waals surface area contributed by atoms with Crippen LogP contribution in [0.3, 0.4) is 0 Å². The zero-order chi connectivity index (χ0) is 36.5. The highest BCUT2D eigenvalue weighted by Gasteiger charge is 2.32. The normalized spacial score (nSPS) is 12.0. The van der Waals surface area contributed by atoms with Crippen LogP contribution in [0, 0.1) is 17.5 Å². The smallest absolute Gasteiger partial charge is 0.335 e. The van der Waals surface area contributed by atoms with Crippen molar-refractivity contribution in [3.63, 3.8) is 0 Å². The minimum absolute atomic E-state index is 0.0456. The van der Waals surface area contributed by atoms with Gasteiger partial charge in [-0.05, 0) is 73.5 Å². The minimum Gasteiger partial charge on any atom is -0.488 e. The van der Waals surface area contributed by atoms with Crippen LogP contribution in [0.15, 0.2) is 60.7 Å². The van der Waals surface area contributed by atoms with Crippen molar-refractivity contribution in [1.29, 1.82) is 0 Å². The van der Waals surface area contributed by atoms with Crippen LogP contribution in [0.5, 0.6) is 5.75 Å². The van der Waals surface area contributed by atoms with Crippen molar-refractivity contribution >= 4 is 29.4 Å². The molecular formula is C34H35F3N6O7. The number of aromatic carboxylic acids is 1. The molecule has 0 unspecified atom stereocenters. The molecule has 1 aliphatic rings. The van der Waals surface area contributed by atoms with Gasteiger partial charge in [0, 0.05) is 24.7 Å². The zero-order valence-electron chi connectivity index (χ0n) is 26.9. The van der Waals surface area contributed by atoms with Crippen LogP contribution < -0.4 is 21.5 Å². The summed E-state index contributed by atoms with van der Waals surface area (Å²) in [5, 5.41) is 24.1. The molecule has 0 radical (unpaired) electrons. The monoisotopic (exact) mass is 696 g/mol. The van der Waals surface area contributed by atoms with Gasteiger partial charge >= 0.3 is 11.9 Å². The number of carbonyl (C=O) groups is 4. The van der Waals surface area contributed by atoms with Gasteiger partial charge in [0.15, 0.2) is 5.69 Å². The van der Waals surface area contributed by atoms with Crippen LogP contribution in [-0.2, 0) is 29.8 Å². The number of carboxylic acid groups (broad SMARTS) is 2. The largest absolute Gasteiger partial charge is 0.488 e. The summed E-state index contributed by atoms with van der Waals surface area (Å²) < 4.78 is 49.4. The lowest BCUT2D eigenvalue weighted by molar-refractivity contribution is -0.138. The molecule has 0 fully saturated rings. The van der Waals surface area contributed by atoms with Crippen molar-refractivity contribution < 1.29 is 47.3 Å². The molecule has 2 heterocycles. The van der Waals surface area contributed by atoms with E-state index < -0.39 is 53.8 Å². The number of carboxylic acids is 2. The van der Waals surface area contributed by atoms with E-state index in [1.54, 1.807) is 13.1 Å². The summed E-state index contributed by atoms with van der Waals surface area (Å²) in [6.07, 6.45) is 2.16. The minimum atomic E-state index is -1.32. The van der Waals surface area contributed by atoms with Gasteiger partial charge in [0.05, 0.1) is 16.9 Å². The Balaban J connectivity index is 0.000000490. The molecule has 0 spiro atoms. The highest BCUT2D eigenvalue weighted by Crippen LogP contribution is 2.39. The van der Waals surface area contributed by atoms with Crippen LogP contribution >= 0.6 is 0 Å². The summed E-state index contributed by atoms with van der Waals surface area (Å²) in [7, 11) is 1.58. The molecule has 0 bridgehead atoms. The molecule has 16 heteroatoms. The number of fused-ring (bicyclic) bond motifs is 3. The van der Waals surface area contributed by atoms with Crippen LogP contribution in [0.2, 0.25) is 0 Å². The molecule has 0 aliphatic carbocycles. The number of nitrogens with two attached hydrogens (primary N) is 2. The second-order valence-corrected chi connectivity index (χ2v) is 11.3. The molecule has 3 aromatic carbocycles. The summed E-state index contributed by atoms with van der Waals surface area (Å²) in [6.45, 7) is -0.259. The topological polar surface area (TPSA) is 203 Å². The summed E-state index contributed by atoms with van der Waals surface area (Å²) in [5.41, 5.74) is 11.3. The van der Waals surface area contributed by atoms with Gasteiger partial charge in [-0.2, -0.15) is 5.10 Å². The maximum absolute atomic E-state index is 14.3. The third-order valence-corrected chi connectivity index (χ3v) is 7.57. The van der Waals surface area contributed by atoms with Gasteiger partial charge in [-0.25, -0.2) is 18.0 Å². The number of hydrogen-bond donors (Lipinski definition) is 5. The fraction of sp³-hybridized carbons (Fsp3) is 0.265. The van der Waals surface area contributed by atoms with E-state index in [-0.39, 0.29) is 30.1 Å². The first-order valence-electron chi connectivity index (χ1n) is 15.3. The van der Waals surface area contributed by atoms with Gasteiger partial charge in [0.25, 0.3) is 5.91 Å². The van der Waals surface area contributed by atoms with E-state index in [1.807, 2.05) is 0 Å². The number of ether oxygens (including phenoxy) is 1. The van der Waals surface area contributed by atoms with Crippen molar-refractivity contribution in [2.45, 2.75) is 38.5 Å². The molecule has 1 atom stereocenters. The van der Waals surface area contributed by atoms with E-state index in [0.717, 1.165) is 35.9 Å². The Bertz CT molecular complexity index is 1900. The molecule has 0 saturated heterocycles. The number of carbonyl (C=O) groups excluding carboxylic acids is 2. The van der Waals surface area contributed by atoms with E-state index in [4.69, 9.17) is 21.3 Å². The molecule has 5 rings (SSSR count). The van der Waals surface area contributed by atoms with Crippen molar-refractivity contribution in [2.75, 3.05) is 18.4 Å². The number of unbranched alkanes of at least 4 members (excludes halogenated alkanes) is 1. The van der Waals surface area contributed by atoms with Crippen LogP contribution in [-0.4, -0.2) is 67.8 Å². The van der Waals surface area contributed by atoms with Gasteiger partial charge in [-0.3, -0.25) is 19.1 Å². The molecule has 4 aromatic rings. The lowest BCUT2D eigenvalue weighted by atomic mass is 10.0. The third kappa shape index (κ3) is 9.24. The number of aromatic nitrogens is 2. The number of benzene rings is 3. The number of nitrogens with zero attached hydrogens (tertiary/aromatic N) is 3. The van der Waals surface area contributed by atoms with Crippen molar-refractivity contribution in [1.82, 2.24) is 14.7 Å². The molecule has 1 aliphatic heterocycles. The highest BCUT2D eigenvalue weighted by molar-refractivity contribution is 6.01. The van der Waals surface area contributed by atoms with Crippen LogP contribution in [0.25, 0.3) is 11.3 Å². The summed E-state index contributed by atoms with van der Waals surface area (Å²) in [5.74, 6) is -5.31.